The summed E-state index contributed by atoms with van der Waals surface area (Å²) in [5.41, 5.74) is 8.54. The molecule has 0 saturated carbocycles. The Balaban J connectivity index is 2.10. The third-order valence-corrected chi connectivity index (χ3v) is 3.10. The van der Waals surface area contributed by atoms with Gasteiger partial charge >= 0.3 is 5.97 Å². The fourth-order valence-corrected chi connectivity index (χ4v) is 1.90. The molecule has 0 spiro atoms. The fourth-order valence-electron chi connectivity index (χ4n) is 1.90. The summed E-state index contributed by atoms with van der Waals surface area (Å²) in [4.78, 5) is 23.0. The number of anilines is 2. The van der Waals surface area contributed by atoms with E-state index >= 15 is 0 Å². The van der Waals surface area contributed by atoms with Crippen molar-refractivity contribution in [3.8, 4) is 0 Å². The Morgan fingerprint density at radius 1 is 1.14 bits per heavy atom. The number of hydrogen-bond donors (Lipinski definition) is 3. The molecular formula is C16H16N2O3. The zero-order valence-electron chi connectivity index (χ0n) is 11.6. The van der Waals surface area contributed by atoms with Crippen LogP contribution in [0, 0.1) is 6.92 Å². The molecule has 21 heavy (non-hydrogen) atoms. The summed E-state index contributed by atoms with van der Waals surface area (Å²) in [6.45, 7) is 1.81. The third kappa shape index (κ3) is 3.82. The van der Waals surface area contributed by atoms with Gasteiger partial charge in [0.1, 0.15) is 0 Å². The molecule has 0 aliphatic carbocycles. The molecule has 0 radical (unpaired) electrons. The molecule has 0 aliphatic rings. The summed E-state index contributed by atoms with van der Waals surface area (Å²) in [5, 5.41) is 11.7. The molecule has 0 saturated heterocycles. The number of nitrogen functional groups attached to an aromatic ring is 1. The van der Waals surface area contributed by atoms with Crippen molar-refractivity contribution < 1.29 is 14.7 Å². The molecule has 108 valence electrons. The quantitative estimate of drug-likeness (QED) is 0.752. The lowest BCUT2D eigenvalue weighted by Crippen LogP contribution is -2.15. The highest BCUT2D eigenvalue weighted by atomic mass is 16.4. The van der Waals surface area contributed by atoms with Crippen molar-refractivity contribution in [2.45, 2.75) is 13.3 Å². The van der Waals surface area contributed by atoms with Crippen LogP contribution in [0.5, 0.6) is 0 Å². The monoisotopic (exact) mass is 284 g/mol. The Bertz CT molecular complexity index is 678. The van der Waals surface area contributed by atoms with Crippen molar-refractivity contribution in [3.63, 3.8) is 0 Å². The van der Waals surface area contributed by atoms with Crippen LogP contribution in [0.3, 0.4) is 0 Å². The van der Waals surface area contributed by atoms with Crippen molar-refractivity contribution >= 4 is 23.3 Å². The van der Waals surface area contributed by atoms with Crippen molar-refractivity contribution in [2.24, 2.45) is 0 Å². The van der Waals surface area contributed by atoms with Crippen molar-refractivity contribution in [3.05, 3.63) is 59.2 Å². The normalized spacial score (nSPS) is 10.1. The first-order valence-corrected chi connectivity index (χ1v) is 6.44. The van der Waals surface area contributed by atoms with E-state index in [1.807, 2.05) is 6.92 Å². The Labute approximate surface area is 122 Å². The molecular weight excluding hydrogens is 268 g/mol. The highest BCUT2D eigenvalue weighted by molar-refractivity contribution is 5.95. The number of amides is 1. The van der Waals surface area contributed by atoms with E-state index in [-0.39, 0.29) is 17.9 Å². The number of carboxylic acid groups (broad SMARTS) is 1. The lowest BCUT2D eigenvalue weighted by atomic mass is 10.1. The number of carbonyl (C=O) groups excluding carboxylic acids is 1. The minimum Gasteiger partial charge on any atom is -0.478 e. The fraction of sp³-hybridized carbons (Fsp3) is 0.125. The van der Waals surface area contributed by atoms with E-state index < -0.39 is 5.97 Å². The van der Waals surface area contributed by atoms with Crippen LogP contribution >= 0.6 is 0 Å². The van der Waals surface area contributed by atoms with E-state index in [1.54, 1.807) is 30.3 Å². The molecule has 0 aliphatic heterocycles. The second-order valence-electron chi connectivity index (χ2n) is 4.80. The predicted octanol–water partition coefficient (Wildman–Crippen LogP) is 2.46. The predicted molar refractivity (Wildman–Crippen MR) is 81.3 cm³/mol. The average Bonchev–Trinajstić information content (AvgIpc) is 2.43. The van der Waals surface area contributed by atoms with Crippen LogP contribution in [-0.4, -0.2) is 17.0 Å². The van der Waals surface area contributed by atoms with Gasteiger partial charge in [-0.05, 0) is 42.3 Å². The zero-order valence-corrected chi connectivity index (χ0v) is 11.6. The van der Waals surface area contributed by atoms with Crippen LogP contribution in [0.4, 0.5) is 11.4 Å². The van der Waals surface area contributed by atoms with E-state index in [4.69, 9.17) is 10.8 Å². The standard InChI is InChI=1S/C16H16N2O3/c1-10-2-5-12(16(20)21)9-14(10)18-15(19)8-11-3-6-13(17)7-4-11/h2-7,9H,8,17H2,1H3,(H,18,19)(H,20,21). The summed E-state index contributed by atoms with van der Waals surface area (Å²) in [6.07, 6.45) is 0.205. The van der Waals surface area contributed by atoms with Gasteiger partial charge in [0.05, 0.1) is 12.0 Å². The minimum absolute atomic E-state index is 0.142. The molecule has 0 aromatic heterocycles. The lowest BCUT2D eigenvalue weighted by Gasteiger charge is -2.09. The van der Waals surface area contributed by atoms with Crippen molar-refractivity contribution in [1.82, 2.24) is 0 Å². The van der Waals surface area contributed by atoms with Crippen LogP contribution < -0.4 is 11.1 Å². The number of hydrogen-bond acceptors (Lipinski definition) is 3. The highest BCUT2D eigenvalue weighted by Gasteiger charge is 2.09. The van der Waals surface area contributed by atoms with Gasteiger partial charge in [-0.2, -0.15) is 0 Å². The molecule has 2 aromatic carbocycles. The van der Waals surface area contributed by atoms with Crippen LogP contribution in [0.25, 0.3) is 0 Å². The maximum atomic E-state index is 12.0. The molecule has 5 heteroatoms. The minimum atomic E-state index is -1.02. The summed E-state index contributed by atoms with van der Waals surface area (Å²) < 4.78 is 0. The number of aryl methyl sites for hydroxylation is 1. The number of rotatable bonds is 4. The van der Waals surface area contributed by atoms with Crippen LogP contribution in [0.2, 0.25) is 0 Å². The SMILES string of the molecule is Cc1ccc(C(=O)O)cc1NC(=O)Cc1ccc(N)cc1. The van der Waals surface area contributed by atoms with Gasteiger partial charge in [-0.25, -0.2) is 4.79 Å². The summed E-state index contributed by atoms with van der Waals surface area (Å²) in [6, 6.07) is 11.7. The van der Waals surface area contributed by atoms with Gasteiger partial charge in [-0.1, -0.05) is 18.2 Å². The highest BCUT2D eigenvalue weighted by Crippen LogP contribution is 2.17. The number of carbonyl (C=O) groups is 2. The smallest absolute Gasteiger partial charge is 0.335 e. The largest absolute Gasteiger partial charge is 0.478 e. The molecule has 0 heterocycles. The van der Waals surface area contributed by atoms with Gasteiger partial charge in [-0.3, -0.25) is 4.79 Å². The molecule has 2 rings (SSSR count). The molecule has 0 bridgehead atoms. The Morgan fingerprint density at radius 3 is 2.43 bits per heavy atom. The first-order valence-electron chi connectivity index (χ1n) is 6.44. The van der Waals surface area contributed by atoms with E-state index in [9.17, 15) is 9.59 Å². The Hall–Kier alpha value is -2.82. The van der Waals surface area contributed by atoms with Gasteiger partial charge in [0.15, 0.2) is 0 Å². The van der Waals surface area contributed by atoms with Gasteiger partial charge in [0.2, 0.25) is 5.91 Å². The number of nitrogens with two attached hydrogens (primary N) is 1. The van der Waals surface area contributed by atoms with Gasteiger partial charge in [0, 0.05) is 11.4 Å². The van der Waals surface area contributed by atoms with Gasteiger partial charge in [0.25, 0.3) is 0 Å². The second-order valence-corrected chi connectivity index (χ2v) is 4.80. The van der Waals surface area contributed by atoms with Crippen molar-refractivity contribution in [1.29, 1.82) is 0 Å². The molecule has 2 aromatic rings. The Morgan fingerprint density at radius 2 is 1.81 bits per heavy atom. The van der Waals surface area contributed by atoms with E-state index in [2.05, 4.69) is 5.32 Å². The maximum Gasteiger partial charge on any atom is 0.335 e. The average molecular weight is 284 g/mol. The zero-order chi connectivity index (χ0) is 15.4. The number of nitrogens with one attached hydrogen (secondary N) is 1. The van der Waals surface area contributed by atoms with Crippen LogP contribution in [0.15, 0.2) is 42.5 Å². The molecule has 0 atom stereocenters. The summed E-state index contributed by atoms with van der Waals surface area (Å²) >= 11 is 0. The number of carboxylic acids is 1. The molecule has 1 amide bonds. The van der Waals surface area contributed by atoms with E-state index in [0.717, 1.165) is 11.1 Å². The summed E-state index contributed by atoms with van der Waals surface area (Å²) in [5.74, 6) is -1.23. The number of aromatic carboxylic acids is 1. The molecule has 5 nitrogen and oxygen atoms in total. The van der Waals surface area contributed by atoms with Crippen LogP contribution in [-0.2, 0) is 11.2 Å². The maximum absolute atomic E-state index is 12.0. The van der Waals surface area contributed by atoms with Gasteiger partial charge < -0.3 is 16.2 Å². The van der Waals surface area contributed by atoms with E-state index in [0.29, 0.717) is 11.4 Å². The Kier molecular flexibility index (Phi) is 4.23. The first-order chi connectivity index (χ1) is 9.95. The van der Waals surface area contributed by atoms with E-state index in [1.165, 1.54) is 12.1 Å². The molecule has 4 N–H and O–H groups in total. The topological polar surface area (TPSA) is 92.4 Å². The number of benzene rings is 2. The second kappa shape index (κ2) is 6.09. The molecule has 0 fully saturated rings. The van der Waals surface area contributed by atoms with Crippen LogP contribution in [0.1, 0.15) is 21.5 Å². The van der Waals surface area contributed by atoms with Gasteiger partial charge in [-0.15, -0.1) is 0 Å². The summed E-state index contributed by atoms with van der Waals surface area (Å²) in [7, 11) is 0. The first kappa shape index (κ1) is 14.6. The van der Waals surface area contributed by atoms with Crippen molar-refractivity contribution in [2.75, 3.05) is 11.1 Å². The molecule has 0 unspecified atom stereocenters. The third-order valence-electron chi connectivity index (χ3n) is 3.10. The lowest BCUT2D eigenvalue weighted by molar-refractivity contribution is -0.115.